The standard InChI is InChI=1S/C23H26BrN5O2S/c1-13-7-6-8-17(9-13)22(31)25-16(4)21-27-28-23(29(21)5)32-12-19(30)26-20-14(2)10-18(24)11-15(20)3/h6-11,16H,12H2,1-5H3,(H,25,31)(H,26,30)/t16-/m1/s1. The van der Waals surface area contributed by atoms with Gasteiger partial charge in [0.05, 0.1) is 11.8 Å². The molecule has 32 heavy (non-hydrogen) atoms. The third-order valence-corrected chi connectivity index (χ3v) is 6.46. The lowest BCUT2D eigenvalue weighted by Crippen LogP contribution is -2.28. The molecule has 2 N–H and O–H groups in total. The molecule has 9 heteroatoms. The van der Waals surface area contributed by atoms with E-state index in [1.54, 1.807) is 10.6 Å². The molecule has 7 nitrogen and oxygen atoms in total. The quantitative estimate of drug-likeness (QED) is 0.444. The number of hydrogen-bond acceptors (Lipinski definition) is 5. The molecule has 2 amide bonds. The van der Waals surface area contributed by atoms with Gasteiger partial charge in [-0.3, -0.25) is 9.59 Å². The van der Waals surface area contributed by atoms with Crippen molar-refractivity contribution in [3.05, 3.63) is 68.9 Å². The largest absolute Gasteiger partial charge is 0.342 e. The third kappa shape index (κ3) is 5.77. The number of nitrogens with zero attached hydrogens (tertiary/aromatic N) is 3. The molecule has 0 aliphatic heterocycles. The summed E-state index contributed by atoms with van der Waals surface area (Å²) in [7, 11) is 1.83. The Kier molecular flexibility index (Phi) is 7.73. The maximum absolute atomic E-state index is 12.5. The van der Waals surface area contributed by atoms with Crippen LogP contribution in [0.1, 0.15) is 45.8 Å². The number of hydrogen-bond donors (Lipinski definition) is 2. The van der Waals surface area contributed by atoms with Crippen LogP contribution in [-0.2, 0) is 11.8 Å². The van der Waals surface area contributed by atoms with E-state index >= 15 is 0 Å². The van der Waals surface area contributed by atoms with Gasteiger partial charge in [0.1, 0.15) is 0 Å². The average Bonchev–Trinajstić information content (AvgIpc) is 3.09. The molecule has 168 valence electrons. The number of amides is 2. The van der Waals surface area contributed by atoms with Crippen LogP contribution in [0.3, 0.4) is 0 Å². The number of anilines is 1. The second-order valence-electron chi connectivity index (χ2n) is 7.72. The first kappa shape index (κ1) is 24.0. The molecule has 1 heterocycles. The number of carbonyl (C=O) groups excluding carboxylic acids is 2. The zero-order valence-electron chi connectivity index (χ0n) is 18.7. The van der Waals surface area contributed by atoms with Crippen LogP contribution >= 0.6 is 27.7 Å². The highest BCUT2D eigenvalue weighted by Crippen LogP contribution is 2.26. The van der Waals surface area contributed by atoms with Crippen LogP contribution in [0.15, 0.2) is 46.0 Å². The van der Waals surface area contributed by atoms with E-state index in [2.05, 4.69) is 36.8 Å². The lowest BCUT2D eigenvalue weighted by molar-refractivity contribution is -0.113. The van der Waals surface area contributed by atoms with Crippen LogP contribution in [0.4, 0.5) is 5.69 Å². The highest BCUT2D eigenvalue weighted by molar-refractivity contribution is 9.10. The lowest BCUT2D eigenvalue weighted by atomic mass is 10.1. The number of halogens is 1. The summed E-state index contributed by atoms with van der Waals surface area (Å²) < 4.78 is 2.78. The van der Waals surface area contributed by atoms with Gasteiger partial charge < -0.3 is 15.2 Å². The first-order valence-corrected chi connectivity index (χ1v) is 11.9. The molecule has 3 aromatic rings. The first-order valence-electron chi connectivity index (χ1n) is 10.1. The van der Waals surface area contributed by atoms with Gasteiger partial charge in [0.2, 0.25) is 5.91 Å². The number of aromatic nitrogens is 3. The SMILES string of the molecule is Cc1cccc(C(=O)N[C@H](C)c2nnc(SCC(=O)Nc3c(C)cc(Br)cc3C)n2C)c1. The minimum Gasteiger partial charge on any atom is -0.342 e. The number of thioether (sulfide) groups is 1. The minimum absolute atomic E-state index is 0.117. The van der Waals surface area contributed by atoms with Crippen molar-refractivity contribution >= 4 is 45.2 Å². The van der Waals surface area contributed by atoms with Crippen molar-refractivity contribution in [3.8, 4) is 0 Å². The average molecular weight is 516 g/mol. The van der Waals surface area contributed by atoms with Gasteiger partial charge >= 0.3 is 0 Å². The van der Waals surface area contributed by atoms with E-state index in [0.29, 0.717) is 16.5 Å². The topological polar surface area (TPSA) is 88.9 Å². The summed E-state index contributed by atoms with van der Waals surface area (Å²) in [6.45, 7) is 7.73. The zero-order chi connectivity index (χ0) is 23.4. The molecule has 0 saturated carbocycles. The predicted molar refractivity (Wildman–Crippen MR) is 131 cm³/mol. The fraction of sp³-hybridized carbons (Fsp3) is 0.304. The predicted octanol–water partition coefficient (Wildman–Crippen LogP) is 4.72. The second kappa shape index (κ2) is 10.3. The minimum atomic E-state index is -0.336. The van der Waals surface area contributed by atoms with Crippen LogP contribution < -0.4 is 10.6 Å². The molecule has 2 aromatic carbocycles. The summed E-state index contributed by atoms with van der Waals surface area (Å²) >= 11 is 4.77. The van der Waals surface area contributed by atoms with Crippen molar-refractivity contribution in [3.63, 3.8) is 0 Å². The zero-order valence-corrected chi connectivity index (χ0v) is 21.1. The van der Waals surface area contributed by atoms with Crippen LogP contribution in [0, 0.1) is 20.8 Å². The third-order valence-electron chi connectivity index (χ3n) is 4.98. The molecule has 0 fully saturated rings. The summed E-state index contributed by atoms with van der Waals surface area (Å²) in [4.78, 5) is 25.0. The Hall–Kier alpha value is -2.65. The van der Waals surface area contributed by atoms with E-state index in [1.807, 2.05) is 65.1 Å². The fourth-order valence-electron chi connectivity index (χ4n) is 3.37. The van der Waals surface area contributed by atoms with Crippen molar-refractivity contribution in [1.82, 2.24) is 20.1 Å². The molecule has 0 bridgehead atoms. The smallest absolute Gasteiger partial charge is 0.251 e. The van der Waals surface area contributed by atoms with Crippen molar-refractivity contribution < 1.29 is 9.59 Å². The molecule has 3 rings (SSSR count). The van der Waals surface area contributed by atoms with Crippen molar-refractivity contribution in [2.75, 3.05) is 11.1 Å². The molecule has 0 spiro atoms. The van der Waals surface area contributed by atoms with E-state index < -0.39 is 0 Å². The molecule has 1 atom stereocenters. The van der Waals surface area contributed by atoms with E-state index in [9.17, 15) is 9.59 Å². The Balaban J connectivity index is 1.61. The molecular formula is C23H26BrN5O2S. The molecule has 0 saturated heterocycles. The maximum Gasteiger partial charge on any atom is 0.251 e. The van der Waals surface area contributed by atoms with Crippen LogP contribution in [0.2, 0.25) is 0 Å². The van der Waals surface area contributed by atoms with E-state index in [-0.39, 0.29) is 23.6 Å². The van der Waals surface area contributed by atoms with E-state index in [0.717, 1.165) is 26.9 Å². The van der Waals surface area contributed by atoms with Gasteiger partial charge in [-0.05, 0) is 63.1 Å². The van der Waals surface area contributed by atoms with E-state index in [1.165, 1.54) is 11.8 Å². The molecular weight excluding hydrogens is 490 g/mol. The van der Waals surface area contributed by atoms with Gasteiger partial charge in [0.25, 0.3) is 5.91 Å². The van der Waals surface area contributed by atoms with Crippen molar-refractivity contribution in [1.29, 1.82) is 0 Å². The number of carbonyl (C=O) groups is 2. The summed E-state index contributed by atoms with van der Waals surface area (Å²) in [5.74, 6) is 0.533. The fourth-order valence-corrected chi connectivity index (χ4v) is 4.78. The summed E-state index contributed by atoms with van der Waals surface area (Å²) in [5.41, 5.74) is 4.44. The Bertz CT molecular complexity index is 1140. The summed E-state index contributed by atoms with van der Waals surface area (Å²) in [6, 6.07) is 11.0. The highest BCUT2D eigenvalue weighted by atomic mass is 79.9. The molecule has 1 aromatic heterocycles. The molecule has 0 aliphatic carbocycles. The number of aryl methyl sites for hydroxylation is 3. The number of benzene rings is 2. The van der Waals surface area contributed by atoms with E-state index in [4.69, 9.17) is 0 Å². The van der Waals surface area contributed by atoms with Gasteiger partial charge in [-0.25, -0.2) is 0 Å². The normalized spacial score (nSPS) is 11.8. The molecule has 0 aliphatic rings. The number of nitrogens with one attached hydrogen (secondary N) is 2. The van der Waals surface area contributed by atoms with Crippen LogP contribution in [0.25, 0.3) is 0 Å². The molecule has 0 unspecified atom stereocenters. The van der Waals surface area contributed by atoms with Crippen molar-refractivity contribution in [2.24, 2.45) is 7.05 Å². The molecule has 0 radical (unpaired) electrons. The first-order chi connectivity index (χ1) is 15.2. The van der Waals surface area contributed by atoms with Crippen LogP contribution in [-0.4, -0.2) is 32.3 Å². The Morgan fingerprint density at radius 3 is 2.47 bits per heavy atom. The maximum atomic E-state index is 12.5. The van der Waals surface area contributed by atoms with Crippen LogP contribution in [0.5, 0.6) is 0 Å². The van der Waals surface area contributed by atoms with Gasteiger partial charge in [-0.1, -0.05) is 45.4 Å². The summed E-state index contributed by atoms with van der Waals surface area (Å²) in [5, 5.41) is 15.0. The van der Waals surface area contributed by atoms with Gasteiger partial charge in [0.15, 0.2) is 11.0 Å². The highest BCUT2D eigenvalue weighted by Gasteiger charge is 2.19. The number of rotatable bonds is 7. The summed E-state index contributed by atoms with van der Waals surface area (Å²) in [6.07, 6.45) is 0. The van der Waals surface area contributed by atoms with Gasteiger partial charge in [-0.15, -0.1) is 10.2 Å². The second-order valence-corrected chi connectivity index (χ2v) is 9.57. The Morgan fingerprint density at radius 1 is 1.12 bits per heavy atom. The lowest BCUT2D eigenvalue weighted by Gasteiger charge is -2.14. The Labute approximate surface area is 200 Å². The van der Waals surface area contributed by atoms with Gasteiger partial charge in [-0.2, -0.15) is 0 Å². The Morgan fingerprint density at radius 2 is 1.81 bits per heavy atom. The van der Waals surface area contributed by atoms with Crippen molar-refractivity contribution in [2.45, 2.75) is 38.9 Å². The van der Waals surface area contributed by atoms with Gasteiger partial charge in [0, 0.05) is 22.8 Å². The monoisotopic (exact) mass is 515 g/mol.